The van der Waals surface area contributed by atoms with Crippen LogP contribution in [0.3, 0.4) is 0 Å². The number of hydrogen-bond donors (Lipinski definition) is 2. The second-order valence-corrected chi connectivity index (χ2v) is 4.39. The molecule has 0 aliphatic carbocycles. The zero-order valence-electron chi connectivity index (χ0n) is 10.3. The quantitative estimate of drug-likeness (QED) is 0.772. The lowest BCUT2D eigenvalue weighted by Gasteiger charge is -2.26. The molecule has 0 saturated carbocycles. The van der Waals surface area contributed by atoms with E-state index in [9.17, 15) is 9.90 Å². The summed E-state index contributed by atoms with van der Waals surface area (Å²) in [5.41, 5.74) is 0.675. The molecular weight excluding hydrogens is 218 g/mol. The van der Waals surface area contributed by atoms with E-state index in [1.165, 1.54) is 0 Å². The van der Waals surface area contributed by atoms with Gasteiger partial charge in [-0.05, 0) is 19.1 Å². The van der Waals surface area contributed by atoms with Crippen molar-refractivity contribution in [1.82, 2.24) is 14.8 Å². The Balaban J connectivity index is 2.14. The molecule has 5 heteroatoms. The third-order valence-electron chi connectivity index (χ3n) is 3.36. The van der Waals surface area contributed by atoms with Crippen molar-refractivity contribution in [1.29, 1.82) is 0 Å². The fourth-order valence-corrected chi connectivity index (χ4v) is 2.26. The van der Waals surface area contributed by atoms with Crippen molar-refractivity contribution in [2.75, 3.05) is 20.1 Å². The van der Waals surface area contributed by atoms with Crippen molar-refractivity contribution in [3.05, 3.63) is 24.0 Å². The standard InChI is InChI=1S/C12H19N3O2/c1-3-15-6-4-5-9(15)12(17)14(2)10-7-13-8-11(10)16/h4-6,10-11,13,16H,3,7-8H2,1-2H3/t10-,11-/m0/s1. The monoisotopic (exact) mass is 237 g/mol. The molecule has 94 valence electrons. The smallest absolute Gasteiger partial charge is 0.270 e. The Morgan fingerprint density at radius 3 is 3.00 bits per heavy atom. The van der Waals surface area contributed by atoms with E-state index in [1.807, 2.05) is 29.8 Å². The Kier molecular flexibility index (Phi) is 3.49. The summed E-state index contributed by atoms with van der Waals surface area (Å²) in [7, 11) is 1.75. The molecule has 1 aromatic heterocycles. The van der Waals surface area contributed by atoms with Crippen LogP contribution in [0.1, 0.15) is 17.4 Å². The van der Waals surface area contributed by atoms with Crippen LogP contribution in [0, 0.1) is 0 Å². The Hall–Kier alpha value is -1.33. The zero-order valence-corrected chi connectivity index (χ0v) is 10.3. The Bertz CT molecular complexity index is 402. The van der Waals surface area contributed by atoms with Gasteiger partial charge in [0, 0.05) is 32.9 Å². The number of hydrogen-bond acceptors (Lipinski definition) is 3. The second kappa shape index (κ2) is 4.89. The van der Waals surface area contributed by atoms with Crippen LogP contribution >= 0.6 is 0 Å². The van der Waals surface area contributed by atoms with Gasteiger partial charge in [0.15, 0.2) is 0 Å². The van der Waals surface area contributed by atoms with E-state index in [1.54, 1.807) is 11.9 Å². The molecule has 5 nitrogen and oxygen atoms in total. The third kappa shape index (κ3) is 2.21. The van der Waals surface area contributed by atoms with Crippen molar-refractivity contribution in [2.45, 2.75) is 25.6 Å². The average molecular weight is 237 g/mol. The normalized spacial score (nSPS) is 23.9. The number of rotatable bonds is 3. The van der Waals surface area contributed by atoms with Gasteiger partial charge in [-0.2, -0.15) is 0 Å². The molecule has 1 amide bonds. The number of aromatic nitrogens is 1. The predicted molar refractivity (Wildman–Crippen MR) is 64.9 cm³/mol. The zero-order chi connectivity index (χ0) is 12.4. The molecule has 1 aromatic rings. The third-order valence-corrected chi connectivity index (χ3v) is 3.36. The van der Waals surface area contributed by atoms with Crippen LogP contribution < -0.4 is 5.32 Å². The highest BCUT2D eigenvalue weighted by atomic mass is 16.3. The molecule has 1 saturated heterocycles. The van der Waals surface area contributed by atoms with Crippen LogP contribution in [0.25, 0.3) is 0 Å². The minimum Gasteiger partial charge on any atom is -0.390 e. The van der Waals surface area contributed by atoms with Gasteiger partial charge in [-0.3, -0.25) is 4.79 Å². The molecule has 17 heavy (non-hydrogen) atoms. The van der Waals surface area contributed by atoms with Gasteiger partial charge in [0.05, 0.1) is 12.1 Å². The summed E-state index contributed by atoms with van der Waals surface area (Å²) >= 11 is 0. The predicted octanol–water partition coefficient (Wildman–Crippen LogP) is -0.0873. The Morgan fingerprint density at radius 2 is 2.41 bits per heavy atom. The van der Waals surface area contributed by atoms with Crippen LogP contribution in [0.4, 0.5) is 0 Å². The number of amides is 1. The first-order chi connectivity index (χ1) is 8.15. The average Bonchev–Trinajstić information content (AvgIpc) is 2.95. The number of nitrogens with one attached hydrogen (secondary N) is 1. The summed E-state index contributed by atoms with van der Waals surface area (Å²) in [4.78, 5) is 13.9. The van der Waals surface area contributed by atoms with E-state index < -0.39 is 6.10 Å². The number of carbonyl (C=O) groups is 1. The fourth-order valence-electron chi connectivity index (χ4n) is 2.26. The summed E-state index contributed by atoms with van der Waals surface area (Å²) in [6.45, 7) is 3.98. The topological polar surface area (TPSA) is 57.5 Å². The van der Waals surface area contributed by atoms with Gasteiger partial charge in [0.2, 0.25) is 0 Å². The number of β-amino-alcohol motifs (C(OH)–C–C–N with tert-alkyl or cyclic N) is 1. The van der Waals surface area contributed by atoms with Gasteiger partial charge in [0.1, 0.15) is 5.69 Å². The molecule has 0 bridgehead atoms. The highest BCUT2D eigenvalue weighted by Gasteiger charge is 2.32. The van der Waals surface area contributed by atoms with Crippen LogP contribution in [0.2, 0.25) is 0 Å². The molecule has 2 heterocycles. The SMILES string of the molecule is CCn1cccc1C(=O)N(C)[C@H]1CNC[C@@H]1O. The molecule has 0 aromatic carbocycles. The minimum absolute atomic E-state index is 0.0374. The van der Waals surface area contributed by atoms with E-state index in [2.05, 4.69) is 5.32 Å². The summed E-state index contributed by atoms with van der Waals surface area (Å²) < 4.78 is 1.91. The number of aliphatic hydroxyl groups is 1. The summed E-state index contributed by atoms with van der Waals surface area (Å²) in [6, 6.07) is 3.55. The van der Waals surface area contributed by atoms with Gasteiger partial charge in [0.25, 0.3) is 5.91 Å². The van der Waals surface area contributed by atoms with Crippen molar-refractivity contribution in [2.24, 2.45) is 0 Å². The second-order valence-electron chi connectivity index (χ2n) is 4.39. The maximum atomic E-state index is 12.3. The lowest BCUT2D eigenvalue weighted by atomic mass is 10.2. The number of nitrogens with zero attached hydrogens (tertiary/aromatic N) is 2. The van der Waals surface area contributed by atoms with Gasteiger partial charge >= 0.3 is 0 Å². The number of aryl methyl sites for hydroxylation is 1. The Labute approximate surface area is 101 Å². The van der Waals surface area contributed by atoms with E-state index in [4.69, 9.17) is 0 Å². The van der Waals surface area contributed by atoms with E-state index in [-0.39, 0.29) is 11.9 Å². The maximum Gasteiger partial charge on any atom is 0.270 e. The molecule has 1 fully saturated rings. The summed E-state index contributed by atoms with van der Waals surface area (Å²) in [6.07, 6.45) is 1.42. The molecule has 1 aliphatic rings. The van der Waals surface area contributed by atoms with Crippen molar-refractivity contribution in [3.8, 4) is 0 Å². The lowest BCUT2D eigenvalue weighted by molar-refractivity contribution is 0.0571. The van der Waals surface area contributed by atoms with Gasteiger partial charge < -0.3 is 19.9 Å². The summed E-state index contributed by atoms with van der Waals surface area (Å²) in [5.74, 6) is -0.0374. The van der Waals surface area contributed by atoms with Crippen molar-refractivity contribution < 1.29 is 9.90 Å². The molecule has 0 unspecified atom stereocenters. The van der Waals surface area contributed by atoms with E-state index in [0.717, 1.165) is 6.54 Å². The lowest BCUT2D eigenvalue weighted by Crippen LogP contribution is -2.44. The van der Waals surface area contributed by atoms with Crippen LogP contribution in [-0.2, 0) is 6.54 Å². The van der Waals surface area contributed by atoms with E-state index in [0.29, 0.717) is 18.8 Å². The van der Waals surface area contributed by atoms with Gasteiger partial charge in [-0.15, -0.1) is 0 Å². The maximum absolute atomic E-state index is 12.3. The number of carbonyl (C=O) groups excluding carboxylic acids is 1. The molecule has 0 spiro atoms. The molecule has 0 radical (unpaired) electrons. The number of aliphatic hydroxyl groups excluding tert-OH is 1. The highest BCUT2D eigenvalue weighted by molar-refractivity contribution is 5.92. The molecule has 2 atom stereocenters. The van der Waals surface area contributed by atoms with Crippen LogP contribution in [0.5, 0.6) is 0 Å². The first-order valence-electron chi connectivity index (χ1n) is 5.96. The molecule has 1 aliphatic heterocycles. The first-order valence-corrected chi connectivity index (χ1v) is 5.96. The minimum atomic E-state index is -0.478. The van der Waals surface area contributed by atoms with Crippen LogP contribution in [0.15, 0.2) is 18.3 Å². The summed E-state index contributed by atoms with van der Waals surface area (Å²) in [5, 5.41) is 12.9. The van der Waals surface area contributed by atoms with Gasteiger partial charge in [-0.25, -0.2) is 0 Å². The Morgan fingerprint density at radius 1 is 1.65 bits per heavy atom. The van der Waals surface area contributed by atoms with Crippen molar-refractivity contribution >= 4 is 5.91 Å². The van der Waals surface area contributed by atoms with Gasteiger partial charge in [-0.1, -0.05) is 0 Å². The highest BCUT2D eigenvalue weighted by Crippen LogP contribution is 2.12. The first kappa shape index (κ1) is 12.1. The van der Waals surface area contributed by atoms with Crippen molar-refractivity contribution in [3.63, 3.8) is 0 Å². The number of likely N-dealkylation sites (N-methyl/N-ethyl adjacent to an activating group) is 1. The fraction of sp³-hybridized carbons (Fsp3) is 0.583. The molecule has 2 N–H and O–H groups in total. The largest absolute Gasteiger partial charge is 0.390 e. The van der Waals surface area contributed by atoms with E-state index >= 15 is 0 Å². The molecule has 2 rings (SSSR count). The van der Waals surface area contributed by atoms with Crippen LogP contribution in [-0.4, -0.2) is 52.8 Å². The molecular formula is C12H19N3O2.